The average Bonchev–Trinajstić information content (AvgIpc) is 2.43. The molecule has 0 aromatic heterocycles. The highest BCUT2D eigenvalue weighted by atomic mass is 16.1. The topological polar surface area (TPSA) is 17.1 Å². The number of hydrogen-bond acceptors (Lipinski definition) is 1. The third-order valence-electron chi connectivity index (χ3n) is 5.05. The molecule has 0 spiro atoms. The number of aryl methyl sites for hydroxylation is 3. The Kier molecular flexibility index (Phi) is 3.44. The molecule has 1 heteroatoms. The van der Waals surface area contributed by atoms with Crippen LogP contribution >= 0.6 is 0 Å². The van der Waals surface area contributed by atoms with Gasteiger partial charge in [-0.2, -0.15) is 0 Å². The van der Waals surface area contributed by atoms with E-state index in [4.69, 9.17) is 0 Å². The fraction of sp³-hybridized carbons (Fsp3) is 0.350. The van der Waals surface area contributed by atoms with Crippen molar-refractivity contribution in [2.24, 2.45) is 0 Å². The zero-order valence-corrected chi connectivity index (χ0v) is 13.1. The van der Waals surface area contributed by atoms with Crippen LogP contribution in [0.3, 0.4) is 0 Å². The molecule has 0 heterocycles. The number of rotatable bonds is 3. The Hall–Kier alpha value is -1.89. The van der Waals surface area contributed by atoms with Gasteiger partial charge in [0.2, 0.25) is 0 Å². The van der Waals surface area contributed by atoms with Gasteiger partial charge in [-0.3, -0.25) is 4.79 Å². The minimum Gasteiger partial charge on any atom is -0.293 e. The Bertz CT molecular complexity index is 678. The van der Waals surface area contributed by atoms with Crippen molar-refractivity contribution in [3.8, 4) is 0 Å². The summed E-state index contributed by atoms with van der Waals surface area (Å²) in [5.41, 5.74) is 5.36. The molecule has 1 aliphatic carbocycles. The highest BCUT2D eigenvalue weighted by Crippen LogP contribution is 2.46. The van der Waals surface area contributed by atoms with Gasteiger partial charge in [-0.1, -0.05) is 42.8 Å². The monoisotopic (exact) mass is 278 g/mol. The highest BCUT2D eigenvalue weighted by Gasteiger charge is 2.45. The van der Waals surface area contributed by atoms with Crippen LogP contribution in [0.5, 0.6) is 0 Å². The van der Waals surface area contributed by atoms with E-state index in [1.54, 1.807) is 0 Å². The molecule has 1 fully saturated rings. The Labute approximate surface area is 127 Å². The third kappa shape index (κ3) is 2.21. The van der Waals surface area contributed by atoms with E-state index in [2.05, 4.69) is 45.0 Å². The molecule has 3 rings (SSSR count). The summed E-state index contributed by atoms with van der Waals surface area (Å²) < 4.78 is 0. The van der Waals surface area contributed by atoms with Crippen molar-refractivity contribution in [3.05, 3.63) is 70.3 Å². The first kappa shape index (κ1) is 14.1. The zero-order valence-electron chi connectivity index (χ0n) is 13.1. The number of carbonyl (C=O) groups is 1. The molecule has 0 unspecified atom stereocenters. The van der Waals surface area contributed by atoms with Crippen molar-refractivity contribution in [1.29, 1.82) is 0 Å². The standard InChI is InChI=1S/C20H22O/c1-14-12-16(3)18(13-15(14)2)19(21)20(10-7-11-20)17-8-5-4-6-9-17/h4-6,8-9,12-13H,7,10-11H2,1-3H3. The number of hydrogen-bond donors (Lipinski definition) is 0. The summed E-state index contributed by atoms with van der Waals surface area (Å²) in [6, 6.07) is 14.5. The fourth-order valence-corrected chi connectivity index (χ4v) is 3.40. The molecular weight excluding hydrogens is 256 g/mol. The number of benzene rings is 2. The van der Waals surface area contributed by atoms with Crippen LogP contribution in [-0.4, -0.2) is 5.78 Å². The lowest BCUT2D eigenvalue weighted by Gasteiger charge is -2.41. The third-order valence-corrected chi connectivity index (χ3v) is 5.05. The lowest BCUT2D eigenvalue weighted by atomic mass is 9.60. The Morgan fingerprint density at radius 2 is 1.52 bits per heavy atom. The molecule has 0 bridgehead atoms. The van der Waals surface area contributed by atoms with Crippen molar-refractivity contribution in [3.63, 3.8) is 0 Å². The second kappa shape index (κ2) is 5.14. The van der Waals surface area contributed by atoms with Crippen LogP contribution in [0.1, 0.15) is 51.9 Å². The first-order chi connectivity index (χ1) is 10.0. The second-order valence-electron chi connectivity index (χ2n) is 6.38. The molecule has 1 nitrogen and oxygen atoms in total. The van der Waals surface area contributed by atoms with Gasteiger partial charge in [-0.15, -0.1) is 0 Å². The molecule has 21 heavy (non-hydrogen) atoms. The van der Waals surface area contributed by atoms with Gasteiger partial charge in [0.05, 0.1) is 5.41 Å². The maximum atomic E-state index is 13.2. The van der Waals surface area contributed by atoms with E-state index in [0.29, 0.717) is 5.78 Å². The molecule has 2 aromatic rings. The fourth-order valence-electron chi connectivity index (χ4n) is 3.40. The summed E-state index contributed by atoms with van der Waals surface area (Å²) >= 11 is 0. The molecular formula is C20H22O. The van der Waals surface area contributed by atoms with Gasteiger partial charge in [-0.05, 0) is 61.9 Å². The summed E-state index contributed by atoms with van der Waals surface area (Å²) in [6.45, 7) is 6.24. The maximum absolute atomic E-state index is 13.2. The van der Waals surface area contributed by atoms with E-state index in [1.807, 2.05) is 18.2 Å². The van der Waals surface area contributed by atoms with E-state index in [9.17, 15) is 4.79 Å². The van der Waals surface area contributed by atoms with E-state index in [1.165, 1.54) is 16.7 Å². The Balaban J connectivity index is 2.07. The lowest BCUT2D eigenvalue weighted by molar-refractivity contribution is 0.0788. The first-order valence-corrected chi connectivity index (χ1v) is 7.73. The molecule has 0 atom stereocenters. The van der Waals surface area contributed by atoms with Gasteiger partial charge in [0.1, 0.15) is 0 Å². The summed E-state index contributed by atoms with van der Waals surface area (Å²) in [4.78, 5) is 13.2. The molecule has 1 saturated carbocycles. The van der Waals surface area contributed by atoms with Crippen LogP contribution in [0, 0.1) is 20.8 Å². The summed E-state index contributed by atoms with van der Waals surface area (Å²) in [6.07, 6.45) is 3.09. The van der Waals surface area contributed by atoms with Crippen LogP contribution in [0.4, 0.5) is 0 Å². The number of ketones is 1. The van der Waals surface area contributed by atoms with Gasteiger partial charge < -0.3 is 0 Å². The molecule has 0 amide bonds. The largest absolute Gasteiger partial charge is 0.293 e. The van der Waals surface area contributed by atoms with Crippen molar-refractivity contribution in [2.75, 3.05) is 0 Å². The predicted octanol–water partition coefficient (Wildman–Crippen LogP) is 4.92. The van der Waals surface area contributed by atoms with Crippen LogP contribution in [-0.2, 0) is 5.41 Å². The molecule has 1 aliphatic rings. The Morgan fingerprint density at radius 3 is 2.10 bits per heavy atom. The summed E-state index contributed by atoms with van der Waals surface area (Å²) in [7, 11) is 0. The lowest BCUT2D eigenvalue weighted by Crippen LogP contribution is -2.42. The minimum absolute atomic E-state index is 0.284. The maximum Gasteiger partial charge on any atom is 0.173 e. The van der Waals surface area contributed by atoms with Gasteiger partial charge in [0.15, 0.2) is 5.78 Å². The smallest absolute Gasteiger partial charge is 0.173 e. The van der Waals surface area contributed by atoms with Gasteiger partial charge in [0.25, 0.3) is 0 Å². The van der Waals surface area contributed by atoms with Crippen molar-refractivity contribution < 1.29 is 4.79 Å². The van der Waals surface area contributed by atoms with E-state index in [-0.39, 0.29) is 5.41 Å². The number of carbonyl (C=O) groups excluding carboxylic acids is 1. The Morgan fingerprint density at radius 1 is 0.905 bits per heavy atom. The van der Waals surface area contributed by atoms with E-state index < -0.39 is 0 Å². The molecule has 2 aromatic carbocycles. The molecule has 108 valence electrons. The molecule has 0 N–H and O–H groups in total. The normalized spacial score (nSPS) is 16.3. The second-order valence-corrected chi connectivity index (χ2v) is 6.38. The SMILES string of the molecule is Cc1cc(C)c(C(=O)C2(c3ccccc3)CCC2)cc1C. The first-order valence-electron chi connectivity index (χ1n) is 7.73. The number of Topliss-reactive ketones (excluding diaryl/α,β-unsaturated/α-hetero) is 1. The van der Waals surface area contributed by atoms with Gasteiger partial charge >= 0.3 is 0 Å². The molecule has 0 saturated heterocycles. The highest BCUT2D eigenvalue weighted by molar-refractivity contribution is 6.06. The van der Waals surface area contributed by atoms with Crippen LogP contribution in [0.25, 0.3) is 0 Å². The quantitative estimate of drug-likeness (QED) is 0.729. The minimum atomic E-state index is -0.284. The molecule has 0 radical (unpaired) electrons. The van der Waals surface area contributed by atoms with E-state index in [0.717, 1.165) is 30.4 Å². The zero-order chi connectivity index (χ0) is 15.0. The van der Waals surface area contributed by atoms with Crippen LogP contribution in [0.15, 0.2) is 42.5 Å². The summed E-state index contributed by atoms with van der Waals surface area (Å²) in [5.74, 6) is 0.306. The van der Waals surface area contributed by atoms with Crippen molar-refractivity contribution >= 4 is 5.78 Å². The average molecular weight is 278 g/mol. The van der Waals surface area contributed by atoms with Crippen LogP contribution in [0.2, 0.25) is 0 Å². The van der Waals surface area contributed by atoms with Crippen LogP contribution < -0.4 is 0 Å². The van der Waals surface area contributed by atoms with Gasteiger partial charge in [0, 0.05) is 5.56 Å². The van der Waals surface area contributed by atoms with Crippen molar-refractivity contribution in [1.82, 2.24) is 0 Å². The molecule has 0 aliphatic heterocycles. The van der Waals surface area contributed by atoms with Gasteiger partial charge in [-0.25, -0.2) is 0 Å². The predicted molar refractivity (Wildman–Crippen MR) is 87.0 cm³/mol. The van der Waals surface area contributed by atoms with Crippen molar-refractivity contribution in [2.45, 2.75) is 45.4 Å². The summed E-state index contributed by atoms with van der Waals surface area (Å²) in [5, 5.41) is 0. The van der Waals surface area contributed by atoms with E-state index >= 15 is 0 Å².